The third-order valence-corrected chi connectivity index (χ3v) is 2.36. The number of ether oxygens (including phenoxy) is 2. The molecule has 1 fully saturated rings. The number of carbonyl (C=O) groups excluding carboxylic acids is 2. The standard InChI is InChI=1S/C9H12N2O6/c1-16-8(12)6-4-3-5(10-6)7(11(14)15)9(13)17-2/h6,10H,3-4H2,1-2H3/b7-5-. The predicted molar refractivity (Wildman–Crippen MR) is 54.2 cm³/mol. The van der Waals surface area contributed by atoms with Crippen molar-refractivity contribution in [2.75, 3.05) is 14.2 Å². The van der Waals surface area contributed by atoms with Crippen LogP contribution in [0, 0.1) is 10.1 Å². The highest BCUT2D eigenvalue weighted by atomic mass is 16.6. The molecule has 17 heavy (non-hydrogen) atoms. The average molecular weight is 244 g/mol. The van der Waals surface area contributed by atoms with Crippen LogP contribution in [-0.4, -0.2) is 37.1 Å². The van der Waals surface area contributed by atoms with Crippen LogP contribution in [0.25, 0.3) is 0 Å². The van der Waals surface area contributed by atoms with Gasteiger partial charge in [0.2, 0.25) is 0 Å². The summed E-state index contributed by atoms with van der Waals surface area (Å²) >= 11 is 0. The van der Waals surface area contributed by atoms with E-state index in [4.69, 9.17) is 0 Å². The van der Waals surface area contributed by atoms with Gasteiger partial charge >= 0.3 is 17.6 Å². The van der Waals surface area contributed by atoms with Gasteiger partial charge in [-0.25, -0.2) is 9.59 Å². The Hall–Kier alpha value is -2.12. The molecule has 0 aliphatic carbocycles. The third-order valence-electron chi connectivity index (χ3n) is 2.36. The van der Waals surface area contributed by atoms with Gasteiger partial charge in [-0.2, -0.15) is 0 Å². The maximum Gasteiger partial charge on any atom is 0.411 e. The van der Waals surface area contributed by atoms with Gasteiger partial charge < -0.3 is 14.8 Å². The molecule has 0 aromatic heterocycles. The maximum absolute atomic E-state index is 11.2. The molecule has 0 aromatic rings. The predicted octanol–water partition coefficient (Wildman–Crippen LogP) is -0.427. The lowest BCUT2D eigenvalue weighted by Gasteiger charge is -2.07. The average Bonchev–Trinajstić information content (AvgIpc) is 2.76. The zero-order valence-electron chi connectivity index (χ0n) is 9.39. The van der Waals surface area contributed by atoms with Crippen molar-refractivity contribution in [3.05, 3.63) is 21.5 Å². The van der Waals surface area contributed by atoms with E-state index in [1.165, 1.54) is 7.11 Å². The van der Waals surface area contributed by atoms with Crippen LogP contribution in [0.3, 0.4) is 0 Å². The fraction of sp³-hybridized carbons (Fsp3) is 0.556. The van der Waals surface area contributed by atoms with Crippen molar-refractivity contribution in [3.63, 3.8) is 0 Å². The van der Waals surface area contributed by atoms with Gasteiger partial charge in [-0.05, 0) is 12.8 Å². The number of allylic oxidation sites excluding steroid dienone is 1. The molecule has 1 aliphatic heterocycles. The van der Waals surface area contributed by atoms with Crippen LogP contribution >= 0.6 is 0 Å². The fourth-order valence-electron chi connectivity index (χ4n) is 1.55. The topological polar surface area (TPSA) is 108 Å². The smallest absolute Gasteiger partial charge is 0.411 e. The zero-order chi connectivity index (χ0) is 13.0. The van der Waals surface area contributed by atoms with Gasteiger partial charge in [0.15, 0.2) is 0 Å². The maximum atomic E-state index is 11.2. The summed E-state index contributed by atoms with van der Waals surface area (Å²) in [7, 11) is 2.28. The highest BCUT2D eigenvalue weighted by molar-refractivity contribution is 5.87. The lowest BCUT2D eigenvalue weighted by atomic mass is 10.2. The number of nitrogens with zero attached hydrogens (tertiary/aromatic N) is 1. The van der Waals surface area contributed by atoms with Gasteiger partial charge in [0.1, 0.15) is 6.04 Å². The second kappa shape index (κ2) is 5.28. The minimum absolute atomic E-state index is 0.0947. The quantitative estimate of drug-likeness (QED) is 0.310. The number of carbonyl (C=O) groups is 2. The number of hydrogen-bond donors (Lipinski definition) is 1. The van der Waals surface area contributed by atoms with Crippen LogP contribution in [0.1, 0.15) is 12.8 Å². The summed E-state index contributed by atoms with van der Waals surface area (Å²) in [5.74, 6) is -1.56. The summed E-state index contributed by atoms with van der Waals surface area (Å²) in [6, 6.07) is -0.658. The molecule has 0 aromatic carbocycles. The van der Waals surface area contributed by atoms with Crippen molar-refractivity contribution in [3.8, 4) is 0 Å². The minimum Gasteiger partial charge on any atom is -0.467 e. The molecule has 8 nitrogen and oxygen atoms in total. The largest absolute Gasteiger partial charge is 0.467 e. The Bertz CT molecular complexity index is 389. The second-order valence-corrected chi connectivity index (χ2v) is 3.33. The van der Waals surface area contributed by atoms with Gasteiger partial charge in [0, 0.05) is 0 Å². The van der Waals surface area contributed by atoms with E-state index >= 15 is 0 Å². The number of nitro groups is 1. The summed E-state index contributed by atoms with van der Waals surface area (Å²) < 4.78 is 8.81. The minimum atomic E-state index is -1.04. The Morgan fingerprint density at radius 1 is 1.41 bits per heavy atom. The van der Waals surface area contributed by atoms with Gasteiger partial charge in [0.05, 0.1) is 24.8 Å². The Kier molecular flexibility index (Phi) is 4.02. The third kappa shape index (κ3) is 2.71. The Labute approximate surface area is 96.7 Å². The van der Waals surface area contributed by atoms with Crippen molar-refractivity contribution < 1.29 is 24.0 Å². The molecule has 0 radical (unpaired) electrons. The van der Waals surface area contributed by atoms with E-state index in [9.17, 15) is 19.7 Å². The van der Waals surface area contributed by atoms with Crippen LogP contribution in [0.4, 0.5) is 0 Å². The molecule has 94 valence electrons. The lowest BCUT2D eigenvalue weighted by Crippen LogP contribution is -2.32. The van der Waals surface area contributed by atoms with Gasteiger partial charge in [-0.15, -0.1) is 0 Å². The van der Waals surface area contributed by atoms with Crippen molar-refractivity contribution in [1.29, 1.82) is 0 Å². The first kappa shape index (κ1) is 12.9. The molecule has 0 amide bonds. The number of methoxy groups -OCH3 is 2. The highest BCUT2D eigenvalue weighted by Gasteiger charge is 2.35. The summed E-state index contributed by atoms with van der Waals surface area (Å²) in [6.45, 7) is 0. The number of rotatable bonds is 3. The van der Waals surface area contributed by atoms with E-state index in [0.29, 0.717) is 6.42 Å². The summed E-state index contributed by atoms with van der Waals surface area (Å²) in [5.41, 5.74) is -0.573. The highest BCUT2D eigenvalue weighted by Crippen LogP contribution is 2.20. The SMILES string of the molecule is COC(=O)/C(=C1\CCC(C(=O)OC)N1)[N+](=O)[O-]. The van der Waals surface area contributed by atoms with Crippen LogP contribution in [0.15, 0.2) is 11.4 Å². The van der Waals surface area contributed by atoms with Gasteiger partial charge in [0.25, 0.3) is 0 Å². The molecule has 1 N–H and O–H groups in total. The number of nitrogens with one attached hydrogen (secondary N) is 1. The number of hydrogen-bond acceptors (Lipinski definition) is 7. The lowest BCUT2D eigenvalue weighted by molar-refractivity contribution is -0.422. The zero-order valence-corrected chi connectivity index (χ0v) is 9.39. The fourth-order valence-corrected chi connectivity index (χ4v) is 1.55. The summed E-state index contributed by atoms with van der Waals surface area (Å²) in [4.78, 5) is 32.3. The molecular formula is C9H12N2O6. The molecule has 0 bridgehead atoms. The van der Waals surface area contributed by atoms with Gasteiger partial charge in [-0.3, -0.25) is 10.1 Å². The van der Waals surface area contributed by atoms with E-state index in [1.54, 1.807) is 0 Å². The van der Waals surface area contributed by atoms with Crippen molar-refractivity contribution in [2.24, 2.45) is 0 Å². The summed E-state index contributed by atoms with van der Waals surface area (Å²) in [6.07, 6.45) is 0.571. The molecule has 1 unspecified atom stereocenters. The molecule has 1 saturated heterocycles. The van der Waals surface area contributed by atoms with E-state index in [2.05, 4.69) is 14.8 Å². The first-order valence-electron chi connectivity index (χ1n) is 4.81. The second-order valence-electron chi connectivity index (χ2n) is 3.33. The molecule has 1 atom stereocenters. The van der Waals surface area contributed by atoms with Crippen molar-refractivity contribution in [1.82, 2.24) is 5.32 Å². The first-order valence-corrected chi connectivity index (χ1v) is 4.81. The van der Waals surface area contributed by atoms with Crippen molar-refractivity contribution in [2.45, 2.75) is 18.9 Å². The summed E-state index contributed by atoms with van der Waals surface area (Å²) in [5, 5.41) is 13.3. The Morgan fingerprint density at radius 2 is 2.06 bits per heavy atom. The molecule has 1 heterocycles. The molecular weight excluding hydrogens is 232 g/mol. The van der Waals surface area contributed by atoms with Gasteiger partial charge in [-0.1, -0.05) is 0 Å². The first-order chi connectivity index (χ1) is 8.01. The van der Waals surface area contributed by atoms with Crippen LogP contribution in [0.5, 0.6) is 0 Å². The van der Waals surface area contributed by atoms with Crippen LogP contribution in [-0.2, 0) is 19.1 Å². The van der Waals surface area contributed by atoms with Crippen LogP contribution in [0.2, 0.25) is 0 Å². The molecule has 0 saturated carbocycles. The molecule has 8 heteroatoms. The monoisotopic (exact) mass is 244 g/mol. The van der Waals surface area contributed by atoms with E-state index in [-0.39, 0.29) is 12.1 Å². The van der Waals surface area contributed by atoms with Crippen molar-refractivity contribution >= 4 is 11.9 Å². The molecule has 1 aliphatic rings. The molecule has 0 spiro atoms. The van der Waals surface area contributed by atoms with E-state index in [0.717, 1.165) is 7.11 Å². The molecule has 1 rings (SSSR count). The normalized spacial score (nSPS) is 21.4. The van der Waals surface area contributed by atoms with E-state index < -0.39 is 28.6 Å². The number of esters is 2. The Balaban J connectivity index is 2.94. The van der Waals surface area contributed by atoms with E-state index in [1.807, 2.05) is 0 Å². The Morgan fingerprint density at radius 3 is 2.53 bits per heavy atom. The van der Waals surface area contributed by atoms with Crippen LogP contribution < -0.4 is 5.32 Å².